The summed E-state index contributed by atoms with van der Waals surface area (Å²) < 4.78 is 3.35. The maximum Gasteiger partial charge on any atom is 0.419 e. The van der Waals surface area contributed by atoms with Crippen molar-refractivity contribution in [3.63, 3.8) is 0 Å². The Kier molecular flexibility index (Phi) is 2.47. The highest BCUT2D eigenvalue weighted by Crippen LogP contribution is 1.96. The molecule has 4 nitrogen and oxygen atoms in total. The summed E-state index contributed by atoms with van der Waals surface area (Å²) in [5, 5.41) is 8.82. The minimum absolute atomic E-state index is 0.330. The fourth-order valence-electron chi connectivity index (χ4n) is 1.22. The number of hydrogen-bond acceptors (Lipinski definition) is 1. The molecule has 66 valence electrons. The van der Waals surface area contributed by atoms with Gasteiger partial charge in [0, 0.05) is 0 Å². The number of carbonyl (C=O) groups is 1. The van der Waals surface area contributed by atoms with Crippen molar-refractivity contribution in [3.8, 4) is 0 Å². The average molecular weight is 169 g/mol. The van der Waals surface area contributed by atoms with Crippen molar-refractivity contribution < 1.29 is 14.5 Å². The fourth-order valence-corrected chi connectivity index (χ4v) is 1.22. The van der Waals surface area contributed by atoms with E-state index in [2.05, 4.69) is 0 Å². The van der Waals surface area contributed by atoms with Crippen LogP contribution in [-0.2, 0) is 13.6 Å². The molecule has 0 aliphatic rings. The molecule has 0 radical (unpaired) electrons. The van der Waals surface area contributed by atoms with Crippen LogP contribution in [0.3, 0.4) is 0 Å². The first kappa shape index (κ1) is 8.77. The zero-order chi connectivity index (χ0) is 9.14. The topological polar surface area (TPSA) is 46.1 Å². The van der Waals surface area contributed by atoms with Gasteiger partial charge < -0.3 is 5.11 Å². The number of aryl methyl sites for hydroxylation is 2. The van der Waals surface area contributed by atoms with Crippen LogP contribution < -0.4 is 4.57 Å². The Morgan fingerprint density at radius 2 is 2.42 bits per heavy atom. The summed E-state index contributed by atoms with van der Waals surface area (Å²) in [5.41, 5.74) is 0. The summed E-state index contributed by atoms with van der Waals surface area (Å²) in [6, 6.07) is 0. The Hall–Kier alpha value is -1.32. The van der Waals surface area contributed by atoms with Crippen LogP contribution in [0.5, 0.6) is 0 Å². The molecule has 0 amide bonds. The zero-order valence-corrected chi connectivity index (χ0v) is 7.32. The molecule has 1 N–H and O–H groups in total. The van der Waals surface area contributed by atoms with Crippen molar-refractivity contribution in [2.45, 2.75) is 19.9 Å². The van der Waals surface area contributed by atoms with Gasteiger partial charge in [0.05, 0.1) is 13.6 Å². The van der Waals surface area contributed by atoms with Gasteiger partial charge in [0.2, 0.25) is 0 Å². The van der Waals surface area contributed by atoms with E-state index in [0.29, 0.717) is 5.82 Å². The Bertz CT molecular complexity index is 291. The SMILES string of the molecule is CCCn1cc[n+](C)c1C(=O)O. The molecular weight excluding hydrogens is 156 g/mol. The summed E-state index contributed by atoms with van der Waals surface area (Å²) in [6.45, 7) is 2.77. The number of imidazole rings is 1. The van der Waals surface area contributed by atoms with Gasteiger partial charge in [-0.25, -0.2) is 13.9 Å². The van der Waals surface area contributed by atoms with Crippen LogP contribution in [-0.4, -0.2) is 15.6 Å². The van der Waals surface area contributed by atoms with Crippen LogP contribution in [0.15, 0.2) is 12.4 Å². The molecule has 12 heavy (non-hydrogen) atoms. The lowest BCUT2D eigenvalue weighted by molar-refractivity contribution is -0.673. The molecule has 0 atom stereocenters. The molecule has 0 spiro atoms. The van der Waals surface area contributed by atoms with Crippen LogP contribution in [0.2, 0.25) is 0 Å². The number of carboxylic acids is 1. The Labute approximate surface area is 71.1 Å². The van der Waals surface area contributed by atoms with Gasteiger partial charge in [-0.3, -0.25) is 0 Å². The van der Waals surface area contributed by atoms with Crippen LogP contribution >= 0.6 is 0 Å². The maximum absolute atomic E-state index is 10.7. The van der Waals surface area contributed by atoms with Gasteiger partial charge in [-0.15, -0.1) is 0 Å². The number of aromatic nitrogens is 2. The second kappa shape index (κ2) is 3.38. The van der Waals surface area contributed by atoms with Gasteiger partial charge in [0.15, 0.2) is 0 Å². The van der Waals surface area contributed by atoms with Crippen molar-refractivity contribution in [2.24, 2.45) is 7.05 Å². The molecule has 0 saturated heterocycles. The number of rotatable bonds is 3. The van der Waals surface area contributed by atoms with Gasteiger partial charge in [-0.05, 0) is 6.42 Å². The first-order valence-electron chi connectivity index (χ1n) is 3.95. The second-order valence-electron chi connectivity index (χ2n) is 2.73. The molecule has 0 fully saturated rings. The Balaban J connectivity index is 3.04. The number of nitrogens with zero attached hydrogens (tertiary/aromatic N) is 2. The number of aromatic carboxylic acids is 1. The summed E-state index contributed by atoms with van der Waals surface area (Å²) in [6.07, 6.45) is 4.47. The van der Waals surface area contributed by atoms with Gasteiger partial charge >= 0.3 is 11.8 Å². The van der Waals surface area contributed by atoms with E-state index in [0.717, 1.165) is 13.0 Å². The third-order valence-corrected chi connectivity index (χ3v) is 1.73. The first-order valence-corrected chi connectivity index (χ1v) is 3.95. The Morgan fingerprint density at radius 1 is 1.75 bits per heavy atom. The minimum Gasteiger partial charge on any atom is -0.472 e. The maximum atomic E-state index is 10.7. The van der Waals surface area contributed by atoms with E-state index in [-0.39, 0.29) is 0 Å². The lowest BCUT2D eigenvalue weighted by atomic mass is 10.4. The van der Waals surface area contributed by atoms with E-state index in [9.17, 15) is 4.79 Å². The molecule has 0 aliphatic carbocycles. The summed E-state index contributed by atoms with van der Waals surface area (Å²) in [4.78, 5) is 10.7. The molecule has 1 rings (SSSR count). The molecule has 0 aromatic carbocycles. The molecule has 0 bridgehead atoms. The van der Waals surface area contributed by atoms with E-state index in [1.165, 1.54) is 0 Å². The fraction of sp³-hybridized carbons (Fsp3) is 0.500. The third kappa shape index (κ3) is 1.47. The van der Waals surface area contributed by atoms with E-state index in [4.69, 9.17) is 5.11 Å². The monoisotopic (exact) mass is 169 g/mol. The quantitative estimate of drug-likeness (QED) is 0.666. The zero-order valence-electron chi connectivity index (χ0n) is 7.32. The van der Waals surface area contributed by atoms with E-state index >= 15 is 0 Å². The molecule has 0 saturated carbocycles. The normalized spacial score (nSPS) is 10.2. The molecule has 0 unspecified atom stereocenters. The molecule has 1 aromatic heterocycles. The van der Waals surface area contributed by atoms with Crippen molar-refractivity contribution in [1.82, 2.24) is 4.57 Å². The number of hydrogen-bond donors (Lipinski definition) is 1. The van der Waals surface area contributed by atoms with Gasteiger partial charge in [0.25, 0.3) is 0 Å². The van der Waals surface area contributed by atoms with Gasteiger partial charge in [-0.1, -0.05) is 6.92 Å². The van der Waals surface area contributed by atoms with E-state index in [1.54, 1.807) is 28.6 Å². The highest BCUT2D eigenvalue weighted by atomic mass is 16.4. The average Bonchev–Trinajstić information content (AvgIpc) is 2.32. The van der Waals surface area contributed by atoms with E-state index < -0.39 is 5.97 Å². The van der Waals surface area contributed by atoms with Gasteiger partial charge in [0.1, 0.15) is 12.4 Å². The van der Waals surface area contributed by atoms with Gasteiger partial charge in [-0.2, -0.15) is 0 Å². The van der Waals surface area contributed by atoms with Crippen LogP contribution in [0, 0.1) is 0 Å². The third-order valence-electron chi connectivity index (χ3n) is 1.73. The number of carboxylic acid groups (broad SMARTS) is 1. The largest absolute Gasteiger partial charge is 0.472 e. The molecule has 1 heterocycles. The first-order chi connectivity index (χ1) is 5.66. The van der Waals surface area contributed by atoms with E-state index in [1.807, 2.05) is 6.92 Å². The van der Waals surface area contributed by atoms with Crippen molar-refractivity contribution in [2.75, 3.05) is 0 Å². The van der Waals surface area contributed by atoms with Crippen LogP contribution in [0.1, 0.15) is 24.0 Å². The lowest BCUT2D eigenvalue weighted by Gasteiger charge is -1.94. The van der Waals surface area contributed by atoms with Crippen LogP contribution in [0.25, 0.3) is 0 Å². The smallest absolute Gasteiger partial charge is 0.419 e. The highest BCUT2D eigenvalue weighted by molar-refractivity contribution is 5.81. The highest BCUT2D eigenvalue weighted by Gasteiger charge is 2.21. The lowest BCUT2D eigenvalue weighted by Crippen LogP contribution is -2.35. The van der Waals surface area contributed by atoms with Crippen molar-refractivity contribution >= 4 is 5.97 Å². The summed E-state index contributed by atoms with van der Waals surface area (Å²) in [7, 11) is 1.73. The molecule has 0 aliphatic heterocycles. The van der Waals surface area contributed by atoms with Crippen molar-refractivity contribution in [3.05, 3.63) is 18.2 Å². The molecular formula is C8H13N2O2+. The molecule has 4 heteroatoms. The molecule has 1 aromatic rings. The van der Waals surface area contributed by atoms with Crippen LogP contribution in [0.4, 0.5) is 0 Å². The predicted octanol–water partition coefficient (Wildman–Crippen LogP) is 0.421. The Morgan fingerprint density at radius 3 is 2.92 bits per heavy atom. The second-order valence-corrected chi connectivity index (χ2v) is 2.73. The summed E-state index contributed by atoms with van der Waals surface area (Å²) in [5.74, 6) is -0.548. The van der Waals surface area contributed by atoms with Crippen molar-refractivity contribution in [1.29, 1.82) is 0 Å². The standard InChI is InChI=1S/C8H12N2O2/c1-3-4-10-6-5-9(2)7(10)8(11)12/h5-6H,3-4H2,1-2H3/p+1. The summed E-state index contributed by atoms with van der Waals surface area (Å²) >= 11 is 0. The predicted molar refractivity (Wildman–Crippen MR) is 42.9 cm³/mol. The minimum atomic E-state index is -0.879.